The first kappa shape index (κ1) is 18.5. The van der Waals surface area contributed by atoms with Gasteiger partial charge in [0.15, 0.2) is 5.60 Å². The Bertz CT molecular complexity index is 332. The third kappa shape index (κ3) is 6.47. The predicted octanol–water partition coefficient (Wildman–Crippen LogP) is 1.13. The smallest absolute Gasteiger partial charge is 0.352 e. The maximum Gasteiger partial charge on any atom is 0.352 e. The molecular weight excluding hydrogens is 277 g/mol. The molecule has 9 heteroatoms. The molecule has 0 fully saturated rings. The molecule has 0 aromatic rings. The van der Waals surface area contributed by atoms with E-state index in [9.17, 15) is 9.36 Å². The number of rotatable bonds is 9. The molecule has 0 saturated heterocycles. The SMILES string of the molecule is CCC(OC(C)=O)C(CC)(CON)OOP(C)(=O)O. The Morgan fingerprint density at radius 3 is 2.37 bits per heavy atom. The molecular formula is C10H22NO7P. The van der Waals surface area contributed by atoms with Gasteiger partial charge in [-0.25, -0.2) is 10.8 Å². The van der Waals surface area contributed by atoms with E-state index in [0.717, 1.165) is 6.66 Å². The normalized spacial score (nSPS) is 19.3. The van der Waals surface area contributed by atoms with E-state index in [4.69, 9.17) is 20.4 Å². The molecule has 0 aliphatic carbocycles. The molecule has 0 radical (unpaired) electrons. The zero-order chi connectivity index (χ0) is 15.1. The van der Waals surface area contributed by atoms with Crippen molar-refractivity contribution in [1.82, 2.24) is 0 Å². The van der Waals surface area contributed by atoms with Gasteiger partial charge in [-0.2, -0.15) is 0 Å². The van der Waals surface area contributed by atoms with Gasteiger partial charge in [0.2, 0.25) is 0 Å². The van der Waals surface area contributed by atoms with Crippen LogP contribution in [0.1, 0.15) is 33.6 Å². The van der Waals surface area contributed by atoms with Gasteiger partial charge in [0.1, 0.15) is 12.7 Å². The lowest BCUT2D eigenvalue weighted by Crippen LogP contribution is -2.50. The van der Waals surface area contributed by atoms with Gasteiger partial charge in [-0.1, -0.05) is 13.8 Å². The Morgan fingerprint density at radius 2 is 2.05 bits per heavy atom. The molecule has 114 valence electrons. The number of hydrogen-bond donors (Lipinski definition) is 2. The highest BCUT2D eigenvalue weighted by Crippen LogP contribution is 2.40. The first-order chi connectivity index (χ1) is 8.70. The Labute approximate surface area is 112 Å². The van der Waals surface area contributed by atoms with Crippen LogP contribution in [0, 0.1) is 0 Å². The molecule has 0 heterocycles. The van der Waals surface area contributed by atoms with E-state index in [0.29, 0.717) is 12.8 Å². The van der Waals surface area contributed by atoms with Crippen molar-refractivity contribution in [2.45, 2.75) is 45.3 Å². The molecule has 0 aliphatic rings. The summed E-state index contributed by atoms with van der Waals surface area (Å²) in [5, 5.41) is 0. The van der Waals surface area contributed by atoms with E-state index in [1.165, 1.54) is 6.92 Å². The highest BCUT2D eigenvalue weighted by Gasteiger charge is 2.43. The fourth-order valence-electron chi connectivity index (χ4n) is 1.61. The third-order valence-electron chi connectivity index (χ3n) is 2.53. The van der Waals surface area contributed by atoms with Crippen LogP contribution in [0.3, 0.4) is 0 Å². The van der Waals surface area contributed by atoms with Crippen LogP contribution in [0.4, 0.5) is 0 Å². The summed E-state index contributed by atoms with van der Waals surface area (Å²) in [5.74, 6) is 4.54. The van der Waals surface area contributed by atoms with Crippen molar-refractivity contribution in [3.8, 4) is 0 Å². The number of carbonyl (C=O) groups is 1. The first-order valence-corrected chi connectivity index (χ1v) is 7.89. The summed E-state index contributed by atoms with van der Waals surface area (Å²) in [6.07, 6.45) is -0.0136. The fourth-order valence-corrected chi connectivity index (χ4v) is 1.89. The second kappa shape index (κ2) is 7.94. The first-order valence-electron chi connectivity index (χ1n) is 5.87. The highest BCUT2D eigenvalue weighted by atomic mass is 31.2. The largest absolute Gasteiger partial charge is 0.459 e. The van der Waals surface area contributed by atoms with E-state index >= 15 is 0 Å². The van der Waals surface area contributed by atoms with Crippen molar-refractivity contribution in [3.05, 3.63) is 0 Å². The van der Waals surface area contributed by atoms with Crippen molar-refractivity contribution < 1.29 is 33.4 Å². The number of ether oxygens (including phenoxy) is 1. The summed E-state index contributed by atoms with van der Waals surface area (Å²) in [5.41, 5.74) is -1.25. The van der Waals surface area contributed by atoms with Crippen LogP contribution in [-0.2, 0) is 28.5 Å². The Hall–Kier alpha value is -0.500. The van der Waals surface area contributed by atoms with Crippen molar-refractivity contribution in [3.63, 3.8) is 0 Å². The Balaban J connectivity index is 5.10. The van der Waals surface area contributed by atoms with Crippen LogP contribution in [0.5, 0.6) is 0 Å². The summed E-state index contributed by atoms with van der Waals surface area (Å²) in [4.78, 5) is 29.8. The lowest BCUT2D eigenvalue weighted by Gasteiger charge is -2.36. The lowest BCUT2D eigenvalue weighted by molar-refractivity contribution is -0.334. The van der Waals surface area contributed by atoms with Gasteiger partial charge < -0.3 is 14.5 Å². The van der Waals surface area contributed by atoms with E-state index in [1.54, 1.807) is 13.8 Å². The van der Waals surface area contributed by atoms with Crippen LogP contribution in [0.15, 0.2) is 0 Å². The van der Waals surface area contributed by atoms with E-state index in [2.05, 4.69) is 9.51 Å². The third-order valence-corrected chi connectivity index (χ3v) is 2.88. The van der Waals surface area contributed by atoms with Crippen LogP contribution in [-0.4, -0.2) is 35.8 Å². The standard InChI is InChI=1S/C10H22NO7P/c1-5-9(16-8(3)12)10(6-2,7-15-11)17-18-19(4,13)14/h9H,5-7,11H2,1-4H3,(H,13,14). The van der Waals surface area contributed by atoms with E-state index < -0.39 is 25.3 Å². The maximum atomic E-state index is 11.1. The van der Waals surface area contributed by atoms with Crippen LogP contribution in [0.2, 0.25) is 0 Å². The molecule has 0 spiro atoms. The average molecular weight is 299 g/mol. The van der Waals surface area contributed by atoms with Gasteiger partial charge in [0.05, 0.1) is 0 Å². The van der Waals surface area contributed by atoms with Crippen LogP contribution in [0.25, 0.3) is 0 Å². The minimum absolute atomic E-state index is 0.157. The molecule has 0 bridgehead atoms. The molecule has 3 unspecified atom stereocenters. The average Bonchev–Trinajstić information content (AvgIpc) is 2.30. The molecule has 3 atom stereocenters. The quantitative estimate of drug-likeness (QED) is 0.281. The minimum Gasteiger partial charge on any atom is -0.459 e. The monoisotopic (exact) mass is 299 g/mol. The molecule has 0 aliphatic heterocycles. The van der Waals surface area contributed by atoms with Gasteiger partial charge in [-0.3, -0.25) is 9.36 Å². The molecule has 0 aromatic carbocycles. The second-order valence-electron chi connectivity index (χ2n) is 4.20. The van der Waals surface area contributed by atoms with E-state index in [-0.39, 0.29) is 6.61 Å². The zero-order valence-corrected chi connectivity index (χ0v) is 12.5. The molecule has 8 nitrogen and oxygen atoms in total. The topological polar surface area (TPSA) is 117 Å². The van der Waals surface area contributed by atoms with Crippen LogP contribution >= 0.6 is 7.60 Å². The maximum absolute atomic E-state index is 11.1. The van der Waals surface area contributed by atoms with Gasteiger partial charge >= 0.3 is 13.6 Å². The molecule has 0 amide bonds. The molecule has 0 rings (SSSR count). The Kier molecular flexibility index (Phi) is 7.73. The van der Waals surface area contributed by atoms with Crippen LogP contribution < -0.4 is 5.90 Å². The lowest BCUT2D eigenvalue weighted by atomic mass is 9.92. The highest BCUT2D eigenvalue weighted by molar-refractivity contribution is 7.51. The Morgan fingerprint density at radius 1 is 1.47 bits per heavy atom. The zero-order valence-electron chi connectivity index (χ0n) is 11.6. The molecule has 0 saturated carbocycles. The van der Waals surface area contributed by atoms with Crippen molar-refractivity contribution >= 4 is 13.6 Å². The number of nitrogens with two attached hydrogens (primary N) is 1. The van der Waals surface area contributed by atoms with Gasteiger partial charge in [0, 0.05) is 13.6 Å². The van der Waals surface area contributed by atoms with Gasteiger partial charge in [-0.15, -0.1) is 4.67 Å². The number of esters is 1. The van der Waals surface area contributed by atoms with E-state index in [1.807, 2.05) is 0 Å². The number of hydrogen-bond acceptors (Lipinski definition) is 7. The summed E-state index contributed by atoms with van der Waals surface area (Å²) in [6.45, 7) is 5.57. The summed E-state index contributed by atoms with van der Waals surface area (Å²) in [6, 6.07) is 0. The molecule has 0 aromatic heterocycles. The summed E-state index contributed by atoms with van der Waals surface area (Å²) >= 11 is 0. The van der Waals surface area contributed by atoms with Crippen molar-refractivity contribution in [1.29, 1.82) is 0 Å². The summed E-state index contributed by atoms with van der Waals surface area (Å²) in [7, 11) is -3.84. The van der Waals surface area contributed by atoms with Gasteiger partial charge in [0.25, 0.3) is 0 Å². The fraction of sp³-hybridized carbons (Fsp3) is 0.900. The number of carbonyl (C=O) groups excluding carboxylic acids is 1. The summed E-state index contributed by atoms with van der Waals surface area (Å²) < 4.78 is 20.8. The minimum atomic E-state index is -3.84. The predicted molar refractivity (Wildman–Crippen MR) is 66.9 cm³/mol. The van der Waals surface area contributed by atoms with Crippen molar-refractivity contribution in [2.75, 3.05) is 13.3 Å². The van der Waals surface area contributed by atoms with Crippen molar-refractivity contribution in [2.24, 2.45) is 5.90 Å². The van der Waals surface area contributed by atoms with Gasteiger partial charge in [-0.05, 0) is 12.8 Å². The molecule has 19 heavy (non-hydrogen) atoms. The second-order valence-corrected chi connectivity index (χ2v) is 5.95. The molecule has 3 N–H and O–H groups in total.